The van der Waals surface area contributed by atoms with Crippen molar-refractivity contribution in [1.82, 2.24) is 4.57 Å². The molecular formula is C16H13N3O4. The minimum absolute atomic E-state index is 0.0905. The van der Waals surface area contributed by atoms with E-state index < -0.39 is 16.5 Å². The maximum Gasteiger partial charge on any atom is 0.270 e. The summed E-state index contributed by atoms with van der Waals surface area (Å²) in [5.74, 6) is -0.256. The minimum Gasteiger partial charge on any atom is -0.298 e. The summed E-state index contributed by atoms with van der Waals surface area (Å²) >= 11 is 0. The van der Waals surface area contributed by atoms with Gasteiger partial charge in [0.15, 0.2) is 5.78 Å². The monoisotopic (exact) mass is 311 g/mol. The van der Waals surface area contributed by atoms with Crippen LogP contribution in [0.4, 0.5) is 5.69 Å². The van der Waals surface area contributed by atoms with Crippen LogP contribution in [-0.2, 0) is 4.79 Å². The number of nitriles is 1. The van der Waals surface area contributed by atoms with Crippen LogP contribution in [0.5, 0.6) is 0 Å². The zero-order chi connectivity index (χ0) is 17.1. The number of hydrogen-bond acceptors (Lipinski definition) is 5. The molecule has 1 atom stereocenters. The Morgan fingerprint density at radius 3 is 2.61 bits per heavy atom. The molecule has 0 bridgehead atoms. The van der Waals surface area contributed by atoms with E-state index in [1.807, 2.05) is 0 Å². The Hall–Kier alpha value is -3.27. The molecule has 0 aliphatic rings. The molecule has 1 heterocycles. The zero-order valence-electron chi connectivity index (χ0n) is 12.5. The second-order valence-electron chi connectivity index (χ2n) is 5.01. The number of ketones is 1. The molecule has 7 heteroatoms. The van der Waals surface area contributed by atoms with Crippen LogP contribution in [0.1, 0.15) is 25.5 Å². The van der Waals surface area contributed by atoms with Gasteiger partial charge in [0, 0.05) is 17.7 Å². The molecule has 0 amide bonds. The summed E-state index contributed by atoms with van der Waals surface area (Å²) in [7, 11) is 0. The van der Waals surface area contributed by atoms with Gasteiger partial charge in [-0.05, 0) is 26.0 Å². The third-order valence-corrected chi connectivity index (χ3v) is 3.57. The van der Waals surface area contributed by atoms with Gasteiger partial charge in [-0.25, -0.2) is 0 Å². The van der Waals surface area contributed by atoms with Gasteiger partial charge < -0.3 is 0 Å². The molecule has 0 aliphatic carbocycles. The van der Waals surface area contributed by atoms with Crippen molar-refractivity contribution in [3.05, 3.63) is 62.4 Å². The molecular weight excluding hydrogens is 298 g/mol. The summed E-state index contributed by atoms with van der Waals surface area (Å²) < 4.78 is 1.19. The summed E-state index contributed by atoms with van der Waals surface area (Å²) in [4.78, 5) is 34.5. The molecule has 2 aromatic rings. The SMILES string of the molecule is CC(=O)C(C)n1c(-c2cccc([N+](=O)[O-])c2)ccc(C#N)c1=O. The van der Waals surface area contributed by atoms with Gasteiger partial charge in [-0.15, -0.1) is 0 Å². The lowest BCUT2D eigenvalue weighted by Crippen LogP contribution is -2.30. The van der Waals surface area contributed by atoms with Crippen LogP contribution in [0.2, 0.25) is 0 Å². The lowest BCUT2D eigenvalue weighted by Gasteiger charge is -2.18. The van der Waals surface area contributed by atoms with Crippen molar-refractivity contribution in [2.24, 2.45) is 0 Å². The number of benzene rings is 1. The molecule has 0 spiro atoms. The molecule has 0 saturated carbocycles. The largest absolute Gasteiger partial charge is 0.298 e. The number of nitro groups is 1. The van der Waals surface area contributed by atoms with Gasteiger partial charge in [-0.3, -0.25) is 24.3 Å². The Labute approximate surface area is 131 Å². The molecule has 0 N–H and O–H groups in total. The average Bonchev–Trinajstić information content (AvgIpc) is 2.53. The summed E-state index contributed by atoms with van der Waals surface area (Å²) in [6.45, 7) is 2.89. The van der Waals surface area contributed by atoms with Crippen LogP contribution < -0.4 is 5.56 Å². The van der Waals surface area contributed by atoms with E-state index in [4.69, 9.17) is 5.26 Å². The number of nitrogens with zero attached hydrogens (tertiary/aromatic N) is 3. The first-order valence-corrected chi connectivity index (χ1v) is 6.77. The van der Waals surface area contributed by atoms with Crippen molar-refractivity contribution in [1.29, 1.82) is 5.26 Å². The molecule has 0 radical (unpaired) electrons. The Kier molecular flexibility index (Phi) is 4.37. The third-order valence-electron chi connectivity index (χ3n) is 3.57. The van der Waals surface area contributed by atoms with E-state index in [9.17, 15) is 19.7 Å². The predicted molar refractivity (Wildman–Crippen MR) is 82.9 cm³/mol. The van der Waals surface area contributed by atoms with E-state index in [1.54, 1.807) is 19.1 Å². The van der Waals surface area contributed by atoms with Crippen molar-refractivity contribution in [3.63, 3.8) is 0 Å². The summed E-state index contributed by atoms with van der Waals surface area (Å²) in [6.07, 6.45) is 0. The van der Waals surface area contributed by atoms with Crippen LogP contribution in [-0.4, -0.2) is 15.3 Å². The number of aromatic nitrogens is 1. The smallest absolute Gasteiger partial charge is 0.270 e. The fraction of sp³-hybridized carbons (Fsp3) is 0.188. The minimum atomic E-state index is -0.787. The first kappa shape index (κ1) is 16.1. The Morgan fingerprint density at radius 2 is 2.04 bits per heavy atom. The molecule has 116 valence electrons. The highest BCUT2D eigenvalue weighted by molar-refractivity contribution is 5.80. The van der Waals surface area contributed by atoms with Crippen LogP contribution in [0.3, 0.4) is 0 Å². The number of carbonyl (C=O) groups excluding carboxylic acids is 1. The number of pyridine rings is 1. The highest BCUT2D eigenvalue weighted by Gasteiger charge is 2.19. The number of hydrogen-bond donors (Lipinski definition) is 0. The second-order valence-corrected chi connectivity index (χ2v) is 5.01. The van der Waals surface area contributed by atoms with Gasteiger partial charge >= 0.3 is 0 Å². The summed E-state index contributed by atoms with van der Waals surface area (Å²) in [6, 6.07) is 9.63. The van der Waals surface area contributed by atoms with Gasteiger partial charge in [0.25, 0.3) is 11.2 Å². The predicted octanol–water partition coefficient (Wildman–Crippen LogP) is 2.45. The first-order chi connectivity index (χ1) is 10.9. The maximum atomic E-state index is 12.4. The number of carbonyl (C=O) groups is 1. The molecule has 0 fully saturated rings. The first-order valence-electron chi connectivity index (χ1n) is 6.77. The standard InChI is InChI=1S/C16H13N3O4/c1-10(11(2)20)18-15(7-6-13(9-17)16(18)21)12-4-3-5-14(8-12)19(22)23/h3-8,10H,1-2H3. The fourth-order valence-electron chi connectivity index (χ4n) is 2.22. The molecule has 1 aromatic heterocycles. The van der Waals surface area contributed by atoms with E-state index in [0.29, 0.717) is 11.3 Å². The molecule has 0 aliphatic heterocycles. The third kappa shape index (κ3) is 3.01. The van der Waals surface area contributed by atoms with E-state index >= 15 is 0 Å². The molecule has 23 heavy (non-hydrogen) atoms. The van der Waals surface area contributed by atoms with E-state index in [-0.39, 0.29) is 17.0 Å². The van der Waals surface area contributed by atoms with Gasteiger partial charge in [0.2, 0.25) is 0 Å². The second kappa shape index (κ2) is 6.23. The number of Topliss-reactive ketones (excluding diaryl/α,β-unsaturated/α-hetero) is 1. The molecule has 1 aromatic carbocycles. The maximum absolute atomic E-state index is 12.4. The molecule has 2 rings (SSSR count). The van der Waals surface area contributed by atoms with Gasteiger partial charge in [-0.2, -0.15) is 5.26 Å². The summed E-state index contributed by atoms with van der Waals surface area (Å²) in [5.41, 5.74) is -0.0397. The van der Waals surface area contributed by atoms with Crippen molar-refractivity contribution in [2.45, 2.75) is 19.9 Å². The van der Waals surface area contributed by atoms with Crippen molar-refractivity contribution >= 4 is 11.5 Å². The Morgan fingerprint density at radius 1 is 1.35 bits per heavy atom. The average molecular weight is 311 g/mol. The fourth-order valence-corrected chi connectivity index (χ4v) is 2.22. The van der Waals surface area contributed by atoms with Gasteiger partial charge in [-0.1, -0.05) is 12.1 Å². The van der Waals surface area contributed by atoms with E-state index in [2.05, 4.69) is 0 Å². The zero-order valence-corrected chi connectivity index (χ0v) is 12.5. The quantitative estimate of drug-likeness (QED) is 0.636. The lowest BCUT2D eigenvalue weighted by molar-refractivity contribution is -0.384. The highest BCUT2D eigenvalue weighted by atomic mass is 16.6. The Bertz CT molecular complexity index is 893. The Balaban J connectivity index is 2.77. The van der Waals surface area contributed by atoms with E-state index in [1.165, 1.54) is 41.8 Å². The molecule has 0 saturated heterocycles. The van der Waals surface area contributed by atoms with Crippen molar-refractivity contribution in [2.75, 3.05) is 0 Å². The highest BCUT2D eigenvalue weighted by Crippen LogP contribution is 2.25. The van der Waals surface area contributed by atoms with Gasteiger partial charge in [0.05, 0.1) is 16.7 Å². The topological polar surface area (TPSA) is 106 Å². The lowest BCUT2D eigenvalue weighted by atomic mass is 10.1. The number of nitro benzene ring substituents is 1. The van der Waals surface area contributed by atoms with Crippen LogP contribution in [0, 0.1) is 21.4 Å². The molecule has 7 nitrogen and oxygen atoms in total. The number of rotatable bonds is 4. The van der Waals surface area contributed by atoms with Gasteiger partial charge in [0.1, 0.15) is 11.6 Å². The van der Waals surface area contributed by atoms with Crippen molar-refractivity contribution < 1.29 is 9.72 Å². The van der Waals surface area contributed by atoms with Crippen molar-refractivity contribution in [3.8, 4) is 17.3 Å². The number of non-ortho nitro benzene ring substituents is 1. The summed E-state index contributed by atoms with van der Waals surface area (Å²) in [5, 5.41) is 19.9. The van der Waals surface area contributed by atoms with Crippen LogP contribution >= 0.6 is 0 Å². The molecule has 1 unspecified atom stereocenters. The van der Waals surface area contributed by atoms with E-state index in [0.717, 1.165) is 0 Å². The van der Waals surface area contributed by atoms with Crippen LogP contribution in [0.25, 0.3) is 11.3 Å². The normalized spacial score (nSPS) is 11.5. The van der Waals surface area contributed by atoms with Crippen LogP contribution in [0.15, 0.2) is 41.2 Å².